The Morgan fingerprint density at radius 3 is 1.23 bits per heavy atom. The summed E-state index contributed by atoms with van der Waals surface area (Å²) >= 11 is 0. The van der Waals surface area contributed by atoms with Gasteiger partial charge in [-0.1, -0.05) is 173 Å². The third kappa shape index (κ3) is 11.7. The summed E-state index contributed by atoms with van der Waals surface area (Å²) in [5, 5.41) is 18.6. The van der Waals surface area contributed by atoms with E-state index in [0.717, 1.165) is 34.1 Å². The fourth-order valence-corrected chi connectivity index (χ4v) is 8.84. The first-order valence-corrected chi connectivity index (χ1v) is 25.9. The number of hydrogen-bond acceptors (Lipinski definition) is 5. The molecule has 386 valence electrons. The van der Waals surface area contributed by atoms with Crippen molar-refractivity contribution < 1.29 is 19.5 Å². The summed E-state index contributed by atoms with van der Waals surface area (Å²) in [6, 6.07) is 39.6. The molecule has 8 heteroatoms. The monoisotopic (exact) mass is 992 g/mol. The van der Waals surface area contributed by atoms with Crippen LogP contribution in [0.2, 0.25) is 0 Å². The van der Waals surface area contributed by atoms with Gasteiger partial charge in [-0.2, -0.15) is 4.58 Å². The van der Waals surface area contributed by atoms with Gasteiger partial charge in [-0.15, -0.1) is 0 Å². The number of amides is 2. The minimum absolute atomic E-state index is 0.0517. The van der Waals surface area contributed by atoms with Crippen LogP contribution in [0.5, 0.6) is 0 Å². The van der Waals surface area contributed by atoms with Gasteiger partial charge in [0.15, 0.2) is 0 Å². The van der Waals surface area contributed by atoms with Gasteiger partial charge in [0, 0.05) is 75.4 Å². The number of Topliss-reactive ketones (excluding diaryl/α,β-unsaturated/α-hetero) is 1. The fraction of sp³-hybridized carbons (Fsp3) is 0.364. The molecule has 2 amide bonds. The second-order valence-corrected chi connectivity index (χ2v) is 26.2. The van der Waals surface area contributed by atoms with E-state index in [4.69, 9.17) is 0 Å². The Balaban J connectivity index is 1.41. The highest BCUT2D eigenvalue weighted by Crippen LogP contribution is 2.46. The van der Waals surface area contributed by atoms with Crippen LogP contribution in [0.1, 0.15) is 152 Å². The molecule has 0 spiro atoms. The van der Waals surface area contributed by atoms with Gasteiger partial charge in [-0.05, 0) is 92.5 Å². The average Bonchev–Trinajstić information content (AvgIpc) is 3.29. The summed E-state index contributed by atoms with van der Waals surface area (Å²) in [4.78, 5) is 45.0. The predicted molar refractivity (Wildman–Crippen MR) is 310 cm³/mol. The molecule has 2 aliphatic rings. The average molecular weight is 992 g/mol. The van der Waals surface area contributed by atoms with Crippen LogP contribution in [-0.4, -0.2) is 28.4 Å². The third-order valence-electron chi connectivity index (χ3n) is 13.8. The van der Waals surface area contributed by atoms with Gasteiger partial charge < -0.3 is 20.6 Å². The SMILES string of the molecule is CC(C)(C)C(=O)NC1=CC(=[N+](c2ccc(C(C)(C)C)cc2)c2ccc(C(C)(C)C)cc2)C=C/C1=C1/C(=O)C(c2ccc(N(c3ccc(C(C)(C)C)cc3)c3ccc(C(C)(C)C)cc3)cc2NC(=O)C(C)(C)C)=C1O. The van der Waals surface area contributed by atoms with Gasteiger partial charge in [0.05, 0.1) is 22.5 Å². The van der Waals surface area contributed by atoms with E-state index in [-0.39, 0.29) is 50.4 Å². The molecular weight excluding hydrogens is 913 g/mol. The number of allylic oxidation sites excluding steroid dienone is 5. The molecule has 2 aliphatic carbocycles. The molecule has 0 heterocycles. The lowest BCUT2D eigenvalue weighted by molar-refractivity contribution is -0.127. The molecule has 0 radical (unpaired) electrons. The molecule has 74 heavy (non-hydrogen) atoms. The van der Waals surface area contributed by atoms with E-state index in [0.29, 0.717) is 22.5 Å². The maximum absolute atomic E-state index is 14.9. The van der Waals surface area contributed by atoms with Crippen LogP contribution in [-0.2, 0) is 36.0 Å². The summed E-state index contributed by atoms with van der Waals surface area (Å²) in [6.45, 7) is 37.3. The number of anilines is 4. The van der Waals surface area contributed by atoms with Gasteiger partial charge in [0.1, 0.15) is 5.76 Å². The fourth-order valence-electron chi connectivity index (χ4n) is 8.84. The number of benzene rings is 5. The van der Waals surface area contributed by atoms with Gasteiger partial charge in [0.2, 0.25) is 34.7 Å². The van der Waals surface area contributed by atoms with Crippen molar-refractivity contribution in [2.45, 2.75) is 146 Å². The summed E-state index contributed by atoms with van der Waals surface area (Å²) in [5.74, 6) is -1.15. The first kappa shape index (κ1) is 54.7. The first-order chi connectivity index (χ1) is 34.1. The number of aliphatic hydroxyl groups is 1. The van der Waals surface area contributed by atoms with Crippen LogP contribution in [0.3, 0.4) is 0 Å². The number of hydrogen-bond donors (Lipinski definition) is 3. The zero-order valence-electron chi connectivity index (χ0n) is 47.3. The highest BCUT2D eigenvalue weighted by atomic mass is 16.3. The van der Waals surface area contributed by atoms with Crippen molar-refractivity contribution in [3.05, 3.63) is 184 Å². The van der Waals surface area contributed by atoms with Crippen LogP contribution in [0.15, 0.2) is 156 Å². The number of rotatable bonds is 8. The second-order valence-electron chi connectivity index (χ2n) is 26.2. The van der Waals surface area contributed by atoms with Crippen LogP contribution in [0.4, 0.5) is 34.1 Å². The van der Waals surface area contributed by atoms with Crippen molar-refractivity contribution in [1.29, 1.82) is 0 Å². The molecule has 8 nitrogen and oxygen atoms in total. The number of nitrogens with one attached hydrogen (secondary N) is 2. The molecule has 7 rings (SSSR count). The van der Waals surface area contributed by atoms with Gasteiger partial charge >= 0.3 is 0 Å². The molecule has 0 aliphatic heterocycles. The summed E-state index contributed by atoms with van der Waals surface area (Å²) < 4.78 is 2.14. The normalized spacial score (nSPS) is 15.7. The van der Waals surface area contributed by atoms with Crippen molar-refractivity contribution in [2.24, 2.45) is 10.8 Å². The van der Waals surface area contributed by atoms with Crippen LogP contribution in [0, 0.1) is 10.8 Å². The lowest BCUT2D eigenvalue weighted by Crippen LogP contribution is -2.37. The third-order valence-corrected chi connectivity index (χ3v) is 13.8. The predicted octanol–water partition coefficient (Wildman–Crippen LogP) is 16.1. The Kier molecular flexibility index (Phi) is 14.5. The number of carbonyl (C=O) groups is 3. The quantitative estimate of drug-likeness (QED) is 0.106. The van der Waals surface area contributed by atoms with Crippen molar-refractivity contribution in [1.82, 2.24) is 9.89 Å². The largest absolute Gasteiger partial charge is 0.506 e. The van der Waals surface area contributed by atoms with Gasteiger partial charge in [-0.25, -0.2) is 0 Å². The van der Waals surface area contributed by atoms with Crippen molar-refractivity contribution in [3.63, 3.8) is 0 Å². The number of aliphatic hydroxyl groups excluding tert-OH is 1. The highest BCUT2D eigenvalue weighted by molar-refractivity contribution is 6.40. The van der Waals surface area contributed by atoms with E-state index < -0.39 is 16.6 Å². The molecule has 5 aromatic carbocycles. The Morgan fingerprint density at radius 2 is 0.851 bits per heavy atom. The van der Waals surface area contributed by atoms with E-state index in [1.165, 1.54) is 22.3 Å². The summed E-state index contributed by atoms with van der Waals surface area (Å²) in [5.41, 5.74) is 9.80. The van der Waals surface area contributed by atoms with E-state index in [1.54, 1.807) is 12.1 Å². The standard InChI is InChI=1S/C66H78N4O4/c1-61(2,3)41-19-27-45(28-20-41)69(46-29-21-42(22-30-46)62(4,5)6)49-35-37-51(53(39-49)67-59(73)65(13,14)15)55-57(71)56(58(55)72)52-38-36-50(40-54(52)68-60(74)66(16,17)18)70(47-31-23-43(24-32-47)63(7,8)9)48-33-25-44(26-34-48)64(10,11)12/h19-40H,1-18H3,(H2,67,68,71,72,73,74)/p+1. The Hall–Kier alpha value is -7.06. The molecule has 0 saturated heterocycles. The molecular formula is C66H79N4O4+. The van der Waals surface area contributed by atoms with Crippen LogP contribution >= 0.6 is 0 Å². The zero-order valence-corrected chi connectivity index (χ0v) is 47.3. The van der Waals surface area contributed by atoms with E-state index in [1.807, 2.05) is 65.8 Å². The Bertz CT molecular complexity index is 3040. The number of nitrogens with zero attached hydrogens (tertiary/aromatic N) is 2. The van der Waals surface area contributed by atoms with E-state index in [2.05, 4.69) is 200 Å². The molecule has 0 aromatic heterocycles. The molecule has 0 fully saturated rings. The number of carbonyl (C=O) groups excluding carboxylic acids is 3. The topological polar surface area (TPSA) is 102 Å². The molecule has 0 saturated carbocycles. The van der Waals surface area contributed by atoms with Gasteiger partial charge in [-0.3, -0.25) is 14.4 Å². The minimum Gasteiger partial charge on any atom is -0.506 e. The molecule has 0 atom stereocenters. The lowest BCUT2D eigenvalue weighted by Gasteiger charge is -2.31. The van der Waals surface area contributed by atoms with Crippen molar-refractivity contribution in [3.8, 4) is 0 Å². The molecule has 3 N–H and O–H groups in total. The Morgan fingerprint density at radius 1 is 0.473 bits per heavy atom. The van der Waals surface area contributed by atoms with Crippen molar-refractivity contribution >= 4 is 63.0 Å². The highest BCUT2D eigenvalue weighted by Gasteiger charge is 2.41. The smallest absolute Gasteiger partial charge is 0.229 e. The van der Waals surface area contributed by atoms with Gasteiger partial charge in [0.25, 0.3) is 0 Å². The minimum atomic E-state index is -0.783. The maximum atomic E-state index is 14.9. The van der Waals surface area contributed by atoms with Crippen LogP contribution < -0.4 is 20.1 Å². The molecule has 0 bridgehead atoms. The maximum Gasteiger partial charge on any atom is 0.229 e. The van der Waals surface area contributed by atoms with E-state index in [9.17, 15) is 19.5 Å². The van der Waals surface area contributed by atoms with Crippen LogP contribution in [0.25, 0.3) is 5.57 Å². The molecule has 5 aromatic rings. The molecule has 0 unspecified atom stereocenters. The summed E-state index contributed by atoms with van der Waals surface area (Å²) in [6.07, 6.45) is 5.59. The zero-order chi connectivity index (χ0) is 54.7. The van der Waals surface area contributed by atoms with Crippen molar-refractivity contribution in [2.75, 3.05) is 10.2 Å². The first-order valence-electron chi connectivity index (χ1n) is 25.9. The lowest BCUT2D eigenvalue weighted by atomic mass is 9.78. The Labute approximate surface area is 441 Å². The number of ketones is 1. The van der Waals surface area contributed by atoms with E-state index >= 15 is 0 Å². The summed E-state index contributed by atoms with van der Waals surface area (Å²) in [7, 11) is 0. The second kappa shape index (κ2) is 19.7.